The summed E-state index contributed by atoms with van der Waals surface area (Å²) in [5.41, 5.74) is 5.55. The van der Waals surface area contributed by atoms with E-state index >= 15 is 0 Å². The van der Waals surface area contributed by atoms with Crippen LogP contribution in [0.3, 0.4) is 0 Å². The van der Waals surface area contributed by atoms with Gasteiger partial charge in [-0.25, -0.2) is 4.98 Å². The van der Waals surface area contributed by atoms with Gasteiger partial charge in [-0.3, -0.25) is 4.79 Å². The zero-order chi connectivity index (χ0) is 13.1. The summed E-state index contributed by atoms with van der Waals surface area (Å²) >= 11 is 4.89. The number of rotatable bonds is 3. The Morgan fingerprint density at radius 2 is 2.11 bits per heavy atom. The van der Waals surface area contributed by atoms with Crippen molar-refractivity contribution in [2.75, 3.05) is 33.2 Å². The highest BCUT2D eigenvalue weighted by Gasteiger charge is 2.20. The first-order valence-corrected chi connectivity index (χ1v) is 6.26. The second-order valence-corrected chi connectivity index (χ2v) is 4.87. The van der Waals surface area contributed by atoms with Crippen molar-refractivity contribution in [1.29, 1.82) is 0 Å². The number of likely N-dealkylation sites (N-methyl/N-ethyl adjacent to an activating group) is 1. The molecule has 0 spiro atoms. The van der Waals surface area contributed by atoms with Crippen LogP contribution in [-0.2, 0) is 11.3 Å². The van der Waals surface area contributed by atoms with Gasteiger partial charge in [0.05, 0.1) is 0 Å². The van der Waals surface area contributed by atoms with E-state index in [4.69, 9.17) is 18.0 Å². The Morgan fingerprint density at radius 1 is 1.44 bits per heavy atom. The molecule has 2 heterocycles. The lowest BCUT2D eigenvalue weighted by Crippen LogP contribution is -2.48. The summed E-state index contributed by atoms with van der Waals surface area (Å²) in [7, 11) is 2.06. The molecule has 2 rings (SSSR count). The van der Waals surface area contributed by atoms with Crippen LogP contribution in [0.5, 0.6) is 0 Å². The van der Waals surface area contributed by atoms with Crippen LogP contribution in [0, 0.1) is 0 Å². The third-order valence-electron chi connectivity index (χ3n) is 3.10. The number of aromatic nitrogens is 2. The van der Waals surface area contributed by atoms with Gasteiger partial charge in [0.1, 0.15) is 11.5 Å². The van der Waals surface area contributed by atoms with Crippen molar-refractivity contribution >= 4 is 23.1 Å². The summed E-state index contributed by atoms with van der Waals surface area (Å²) in [5, 5.41) is 0. The first-order chi connectivity index (χ1) is 8.58. The largest absolute Gasteiger partial charge is 0.387 e. The van der Waals surface area contributed by atoms with Crippen molar-refractivity contribution in [3.8, 4) is 0 Å². The summed E-state index contributed by atoms with van der Waals surface area (Å²) in [6.45, 7) is 3.62. The lowest BCUT2D eigenvalue weighted by atomic mass is 10.3. The minimum absolute atomic E-state index is 0.0820. The van der Waals surface area contributed by atoms with Gasteiger partial charge in [-0.1, -0.05) is 12.2 Å². The minimum Gasteiger partial charge on any atom is -0.387 e. The fourth-order valence-corrected chi connectivity index (χ4v) is 2.13. The summed E-state index contributed by atoms with van der Waals surface area (Å²) in [4.78, 5) is 20.5. The molecule has 0 saturated carbocycles. The Balaban J connectivity index is 1.98. The summed E-state index contributed by atoms with van der Waals surface area (Å²) < 4.78 is 1.70. The van der Waals surface area contributed by atoms with Gasteiger partial charge >= 0.3 is 0 Å². The highest BCUT2D eigenvalue weighted by Crippen LogP contribution is 2.03. The predicted octanol–water partition coefficient (Wildman–Crippen LogP) is -0.709. The maximum atomic E-state index is 12.1. The van der Waals surface area contributed by atoms with Gasteiger partial charge in [0.15, 0.2) is 5.82 Å². The van der Waals surface area contributed by atoms with Crippen molar-refractivity contribution < 1.29 is 4.79 Å². The number of hydrogen-bond acceptors (Lipinski definition) is 4. The normalized spacial score (nSPS) is 16.8. The smallest absolute Gasteiger partial charge is 0.242 e. The van der Waals surface area contributed by atoms with Gasteiger partial charge in [-0.2, -0.15) is 0 Å². The molecule has 0 bridgehead atoms. The van der Waals surface area contributed by atoms with E-state index in [1.165, 1.54) is 0 Å². The average molecular weight is 267 g/mol. The first kappa shape index (κ1) is 13.0. The molecule has 1 aliphatic rings. The molecule has 18 heavy (non-hydrogen) atoms. The molecule has 1 aromatic heterocycles. The number of nitrogens with two attached hydrogens (primary N) is 1. The molecule has 1 amide bonds. The molecule has 98 valence electrons. The van der Waals surface area contributed by atoms with Gasteiger partial charge in [0, 0.05) is 38.6 Å². The Bertz CT molecular complexity index is 450. The molecule has 6 nitrogen and oxygen atoms in total. The molecule has 0 atom stereocenters. The quantitative estimate of drug-likeness (QED) is 0.733. The number of amides is 1. The van der Waals surface area contributed by atoms with E-state index in [1.54, 1.807) is 17.0 Å². The van der Waals surface area contributed by atoms with Crippen LogP contribution in [0.2, 0.25) is 0 Å². The average Bonchev–Trinajstić information content (AvgIpc) is 2.78. The molecule has 1 aliphatic heterocycles. The van der Waals surface area contributed by atoms with Crippen LogP contribution in [0.4, 0.5) is 0 Å². The number of imidazole rings is 1. The van der Waals surface area contributed by atoms with Crippen LogP contribution in [0.15, 0.2) is 12.4 Å². The number of thiocarbonyl (C=S) groups is 1. The van der Waals surface area contributed by atoms with Crippen LogP contribution < -0.4 is 5.73 Å². The van der Waals surface area contributed by atoms with Crippen LogP contribution in [-0.4, -0.2) is 63.5 Å². The monoisotopic (exact) mass is 267 g/mol. The van der Waals surface area contributed by atoms with Crippen molar-refractivity contribution in [2.45, 2.75) is 6.54 Å². The molecule has 7 heteroatoms. The minimum atomic E-state index is 0.0820. The Labute approximate surface area is 111 Å². The third kappa shape index (κ3) is 2.85. The molecule has 0 unspecified atom stereocenters. The molecular formula is C11H17N5OS. The lowest BCUT2D eigenvalue weighted by molar-refractivity contribution is -0.133. The topological polar surface area (TPSA) is 67.4 Å². The highest BCUT2D eigenvalue weighted by atomic mass is 32.1. The summed E-state index contributed by atoms with van der Waals surface area (Å²) in [6, 6.07) is 0. The van der Waals surface area contributed by atoms with Crippen LogP contribution in [0.25, 0.3) is 0 Å². The number of piperazine rings is 1. The van der Waals surface area contributed by atoms with E-state index in [1.807, 2.05) is 4.90 Å². The molecule has 2 N–H and O–H groups in total. The van der Waals surface area contributed by atoms with Crippen molar-refractivity contribution in [3.63, 3.8) is 0 Å². The van der Waals surface area contributed by atoms with Crippen molar-refractivity contribution in [3.05, 3.63) is 18.2 Å². The number of nitrogens with zero attached hydrogens (tertiary/aromatic N) is 4. The van der Waals surface area contributed by atoms with Gasteiger partial charge in [-0.05, 0) is 7.05 Å². The molecule has 0 aromatic carbocycles. The van der Waals surface area contributed by atoms with E-state index in [0.717, 1.165) is 26.2 Å². The fourth-order valence-electron chi connectivity index (χ4n) is 1.96. The molecule has 1 saturated heterocycles. The maximum Gasteiger partial charge on any atom is 0.242 e. The number of carbonyl (C=O) groups excluding carboxylic acids is 1. The Kier molecular flexibility index (Phi) is 3.93. The molecule has 1 aromatic rings. The molecule has 0 radical (unpaired) electrons. The molecular weight excluding hydrogens is 250 g/mol. The Hall–Kier alpha value is -1.47. The molecule has 0 aliphatic carbocycles. The Morgan fingerprint density at radius 3 is 2.72 bits per heavy atom. The number of carbonyl (C=O) groups is 1. The first-order valence-electron chi connectivity index (χ1n) is 5.85. The van der Waals surface area contributed by atoms with E-state index < -0.39 is 0 Å². The summed E-state index contributed by atoms with van der Waals surface area (Å²) in [5.74, 6) is 0.575. The zero-order valence-corrected chi connectivity index (χ0v) is 11.2. The lowest BCUT2D eigenvalue weighted by Gasteiger charge is -2.32. The zero-order valence-electron chi connectivity index (χ0n) is 10.4. The van der Waals surface area contributed by atoms with Crippen LogP contribution in [0.1, 0.15) is 5.82 Å². The standard InChI is InChI=1S/C11H17N5OS/c1-14-4-6-15(7-5-14)9(17)8-16-3-2-13-11(16)10(12)18/h2-3H,4-8H2,1H3,(H2,12,18). The maximum absolute atomic E-state index is 12.1. The fraction of sp³-hybridized carbons (Fsp3) is 0.545. The second kappa shape index (κ2) is 5.45. The van der Waals surface area contributed by atoms with E-state index in [9.17, 15) is 4.79 Å². The predicted molar refractivity (Wildman–Crippen MR) is 72.2 cm³/mol. The van der Waals surface area contributed by atoms with Crippen molar-refractivity contribution in [1.82, 2.24) is 19.4 Å². The van der Waals surface area contributed by atoms with Crippen LogP contribution >= 0.6 is 12.2 Å². The van der Waals surface area contributed by atoms with Gasteiger partial charge in [-0.15, -0.1) is 0 Å². The van der Waals surface area contributed by atoms with E-state index in [-0.39, 0.29) is 17.4 Å². The second-order valence-electron chi connectivity index (χ2n) is 4.43. The summed E-state index contributed by atoms with van der Waals surface area (Å²) in [6.07, 6.45) is 3.33. The van der Waals surface area contributed by atoms with Crippen molar-refractivity contribution in [2.24, 2.45) is 5.73 Å². The van der Waals surface area contributed by atoms with Gasteiger partial charge < -0.3 is 20.1 Å². The van der Waals surface area contributed by atoms with E-state index in [2.05, 4.69) is 16.9 Å². The van der Waals surface area contributed by atoms with Gasteiger partial charge in [0.25, 0.3) is 0 Å². The van der Waals surface area contributed by atoms with Gasteiger partial charge in [0.2, 0.25) is 5.91 Å². The third-order valence-corrected chi connectivity index (χ3v) is 3.28. The SMILES string of the molecule is CN1CCN(C(=O)Cn2ccnc2C(N)=S)CC1. The highest BCUT2D eigenvalue weighted by molar-refractivity contribution is 7.80. The number of hydrogen-bond donors (Lipinski definition) is 1. The van der Waals surface area contributed by atoms with E-state index in [0.29, 0.717) is 5.82 Å². The molecule has 1 fully saturated rings.